The zero-order valence-corrected chi connectivity index (χ0v) is 46.7. The van der Waals surface area contributed by atoms with Gasteiger partial charge >= 0.3 is 5.97 Å². The molecule has 0 saturated heterocycles. The van der Waals surface area contributed by atoms with Crippen LogP contribution in [0.2, 0.25) is 0 Å². The first-order chi connectivity index (χ1) is 39.1. The van der Waals surface area contributed by atoms with Crippen molar-refractivity contribution in [2.45, 2.75) is 87.9 Å². The van der Waals surface area contributed by atoms with Gasteiger partial charge in [-0.25, -0.2) is 40.7 Å². The maximum absolute atomic E-state index is 14.9. The number of ether oxygens (including phenoxy) is 2. The number of benzene rings is 5. The number of H-pyrrole nitrogens is 2. The number of aliphatic hydroxyl groups is 1. The smallest absolute Gasteiger partial charge is 0.303 e. The summed E-state index contributed by atoms with van der Waals surface area (Å²) in [6.07, 6.45) is 9.01. The lowest BCUT2D eigenvalue weighted by Crippen LogP contribution is -2.50. The van der Waals surface area contributed by atoms with Crippen LogP contribution in [0.25, 0.3) is 38.0 Å². The Hall–Kier alpha value is -7.52. The fourth-order valence-electron chi connectivity index (χ4n) is 9.64. The number of aliphatic hydroxyl groups excluding tert-OH is 1. The van der Waals surface area contributed by atoms with Crippen LogP contribution in [0.15, 0.2) is 137 Å². The summed E-state index contributed by atoms with van der Waals surface area (Å²) in [6.45, 7) is 4.00. The maximum Gasteiger partial charge on any atom is 0.303 e. The first-order valence-corrected chi connectivity index (χ1v) is 28.7. The molecule has 0 radical (unpaired) electrons. The zero-order valence-electron chi connectivity index (χ0n) is 44.3. The van der Waals surface area contributed by atoms with E-state index in [4.69, 9.17) is 19.7 Å². The number of thioether (sulfide) groups is 1. The Morgan fingerprint density at radius 3 is 2.12 bits per heavy atom. The van der Waals surface area contributed by atoms with Gasteiger partial charge in [0.05, 0.1) is 21.8 Å². The summed E-state index contributed by atoms with van der Waals surface area (Å²) in [7, 11) is 1.00. The van der Waals surface area contributed by atoms with E-state index in [2.05, 4.69) is 19.9 Å². The number of hydrogen-bond donors (Lipinski definition) is 4. The molecular weight excluding hydrogens is 1110 g/mol. The molecule has 0 aliphatic heterocycles. The Kier molecular flexibility index (Phi) is 19.4. The molecule has 20 heteroatoms. The molecule has 1 saturated carbocycles. The second kappa shape index (κ2) is 26.4. The molecular formula is C61H55F7N4O6S3. The van der Waals surface area contributed by atoms with E-state index in [-0.39, 0.29) is 51.6 Å². The molecule has 5 aromatic carbocycles. The second-order valence-corrected chi connectivity index (χ2v) is 21.2. The highest BCUT2D eigenvalue weighted by Gasteiger charge is 2.59. The average Bonchev–Trinajstić information content (AvgIpc) is 4.47. The van der Waals surface area contributed by atoms with Crippen LogP contribution in [0.5, 0.6) is 17.2 Å². The number of nitrogens with one attached hydrogen (secondary N) is 2. The largest absolute Gasteiger partial charge is 0.481 e. The molecule has 0 bridgehead atoms. The van der Waals surface area contributed by atoms with Crippen molar-refractivity contribution in [2.24, 2.45) is 0 Å². The van der Waals surface area contributed by atoms with Gasteiger partial charge in [0.25, 0.3) is 5.92 Å². The fourth-order valence-corrected chi connectivity index (χ4v) is 12.2. The molecule has 81 heavy (non-hydrogen) atoms. The minimum Gasteiger partial charge on any atom is -0.481 e. The molecule has 1 fully saturated rings. The molecule has 0 amide bonds. The van der Waals surface area contributed by atoms with Crippen LogP contribution in [0.1, 0.15) is 91.0 Å². The van der Waals surface area contributed by atoms with E-state index in [1.807, 2.05) is 67.9 Å². The van der Waals surface area contributed by atoms with E-state index < -0.39 is 59.2 Å². The van der Waals surface area contributed by atoms with Gasteiger partial charge in [-0.05, 0) is 77.8 Å². The average molecular weight is 1170 g/mol. The summed E-state index contributed by atoms with van der Waals surface area (Å²) in [5.74, 6) is -6.95. The van der Waals surface area contributed by atoms with Crippen molar-refractivity contribution in [3.8, 4) is 27.8 Å². The summed E-state index contributed by atoms with van der Waals surface area (Å²) >= 11 is 3.83. The van der Waals surface area contributed by atoms with Crippen molar-refractivity contribution in [3.63, 3.8) is 0 Å². The van der Waals surface area contributed by atoms with Crippen molar-refractivity contribution in [1.29, 1.82) is 0 Å². The van der Waals surface area contributed by atoms with Crippen molar-refractivity contribution in [2.75, 3.05) is 13.4 Å². The molecule has 0 spiro atoms. The number of carboxylic acid groups (broad SMARTS) is 1. The van der Waals surface area contributed by atoms with Crippen LogP contribution in [-0.4, -0.2) is 61.7 Å². The van der Waals surface area contributed by atoms with Crippen molar-refractivity contribution < 1.29 is 60.0 Å². The van der Waals surface area contributed by atoms with Crippen LogP contribution in [-0.2, 0) is 34.3 Å². The number of aryl methyl sites for hydroxylation is 2. The number of carbonyl (C=O) groups excluding carboxylic acids is 1. The predicted octanol–water partition coefficient (Wildman–Crippen LogP) is 16.5. The lowest BCUT2D eigenvalue weighted by molar-refractivity contribution is -0.137. The lowest BCUT2D eigenvalue weighted by atomic mass is 9.60. The Morgan fingerprint density at radius 1 is 0.753 bits per heavy atom. The first kappa shape index (κ1) is 59.6. The quantitative estimate of drug-likeness (QED) is 0.0397. The molecule has 0 atom stereocenters. The Bertz CT molecular complexity index is 3770. The van der Waals surface area contributed by atoms with Crippen LogP contribution in [0.4, 0.5) is 30.7 Å². The zero-order chi connectivity index (χ0) is 58.0. The van der Waals surface area contributed by atoms with Gasteiger partial charge in [0.1, 0.15) is 39.5 Å². The third kappa shape index (κ3) is 13.5. The highest BCUT2D eigenvalue weighted by Crippen LogP contribution is 2.57. The molecule has 422 valence electrons. The SMILES string of the molecule is CC.CO.CSc1c(OC2=CC(c3nc(Cc4cccc(CCC(=O)O)c4)cs3)=C(F)CC2)c(F)cc2[nH]ccc12.O=CCCc1cccc(C2(c3csc(-c4cc(Oc5c(F)cc6[nH]ccc6c5F)ccc4F)n3)CC(F)(F)C2)c1. The number of nitrogens with zero attached hydrogens (tertiary/aromatic N) is 2. The maximum atomic E-state index is 14.9. The highest BCUT2D eigenvalue weighted by atomic mass is 32.2. The number of aldehydes is 1. The molecule has 0 unspecified atom stereocenters. The van der Waals surface area contributed by atoms with E-state index in [1.165, 1.54) is 53.6 Å². The van der Waals surface area contributed by atoms with E-state index >= 15 is 0 Å². The van der Waals surface area contributed by atoms with Crippen molar-refractivity contribution >= 4 is 74.1 Å². The lowest BCUT2D eigenvalue weighted by Gasteiger charge is -2.47. The number of hydrogen-bond acceptors (Lipinski definition) is 10. The normalized spacial score (nSPS) is 14.1. The summed E-state index contributed by atoms with van der Waals surface area (Å²) < 4.78 is 114. The Labute approximate surface area is 474 Å². The number of halogens is 7. The third-order valence-electron chi connectivity index (χ3n) is 13.4. The highest BCUT2D eigenvalue weighted by molar-refractivity contribution is 7.99. The van der Waals surface area contributed by atoms with Gasteiger partial charge in [0.15, 0.2) is 29.0 Å². The molecule has 4 N–H and O–H groups in total. The van der Waals surface area contributed by atoms with Crippen LogP contribution in [0, 0.1) is 23.3 Å². The number of alkyl halides is 2. The summed E-state index contributed by atoms with van der Waals surface area (Å²) in [6, 6.07) is 24.4. The van der Waals surface area contributed by atoms with Crippen molar-refractivity contribution in [1.82, 2.24) is 19.9 Å². The number of thiazole rings is 2. The van der Waals surface area contributed by atoms with E-state index in [9.17, 15) is 40.3 Å². The number of fused-ring (bicyclic) bond motifs is 2. The van der Waals surface area contributed by atoms with Gasteiger partial charge in [-0.15, -0.1) is 34.4 Å². The molecule has 10 nitrogen and oxygen atoms in total. The summed E-state index contributed by atoms with van der Waals surface area (Å²) in [5.41, 5.74) is 4.91. The summed E-state index contributed by atoms with van der Waals surface area (Å²) in [5, 5.41) is 21.2. The van der Waals surface area contributed by atoms with E-state index in [0.717, 1.165) is 64.6 Å². The van der Waals surface area contributed by atoms with Gasteiger partial charge in [-0.2, -0.15) is 0 Å². The molecule has 2 aliphatic carbocycles. The van der Waals surface area contributed by atoms with Gasteiger partial charge in [0, 0.05) is 120 Å². The molecule has 4 heterocycles. The number of allylic oxidation sites excluding steroid dienone is 4. The van der Waals surface area contributed by atoms with Crippen molar-refractivity contribution in [3.05, 3.63) is 194 Å². The molecule has 11 rings (SSSR count). The topological polar surface area (TPSA) is 150 Å². The number of aromatic amines is 2. The van der Waals surface area contributed by atoms with E-state index in [1.54, 1.807) is 29.8 Å². The summed E-state index contributed by atoms with van der Waals surface area (Å²) in [4.78, 5) is 37.3. The fraction of sp³-hybridized carbons (Fsp3) is 0.246. The monoisotopic (exact) mass is 1170 g/mol. The minimum absolute atomic E-state index is 0.0123. The van der Waals surface area contributed by atoms with Gasteiger partial charge in [-0.3, -0.25) is 4.79 Å². The van der Waals surface area contributed by atoms with Crippen LogP contribution in [0.3, 0.4) is 0 Å². The Morgan fingerprint density at radius 2 is 1.42 bits per heavy atom. The number of aromatic nitrogens is 4. The number of carbonyl (C=O) groups is 2. The van der Waals surface area contributed by atoms with Gasteiger partial charge < -0.3 is 34.4 Å². The number of rotatable bonds is 17. The Balaban J connectivity index is 0.000000201. The van der Waals surface area contributed by atoms with Crippen LogP contribution < -0.4 is 9.47 Å². The minimum atomic E-state index is -2.88. The third-order valence-corrected chi connectivity index (χ3v) is 16.0. The van der Waals surface area contributed by atoms with Crippen LogP contribution >= 0.6 is 34.4 Å². The molecule has 9 aromatic rings. The number of carboxylic acids is 1. The standard InChI is InChI=1S/C30H21F5N2O2S.C28H24F2N2O3S2.C2H6.CH4O/c31-22-7-6-19(39-27-23(32)13-24-20(26(27)33)8-9-36-24)12-21(22)28-37-25(14-40-28)29(15-30(34,35)16-29)18-5-1-3-17(11-18)4-2-10-38;1-36-27-20-9-10-31-24(20)14-23(30)26(27)35-19-6-7-22(29)21(13-19)28-32-18(15-37-28)12-17-4-2-3-16(11-17)5-8-25(33)34;2*1-2/h1,3,5-14,36H,2,4,15-16H2;2-4,9-11,13-15,31H,5-8,12H2,1H3,(H,33,34);1-2H3;2H,1H3. The van der Waals surface area contributed by atoms with E-state index in [0.29, 0.717) is 70.1 Å². The molecule has 4 aromatic heterocycles. The number of aliphatic carboxylic acids is 1. The predicted molar refractivity (Wildman–Crippen MR) is 304 cm³/mol. The second-order valence-electron chi connectivity index (χ2n) is 18.6. The first-order valence-electron chi connectivity index (χ1n) is 25.7. The van der Waals surface area contributed by atoms with Gasteiger partial charge in [-0.1, -0.05) is 62.4 Å². The van der Waals surface area contributed by atoms with Gasteiger partial charge in [0.2, 0.25) is 0 Å². The molecule has 2 aliphatic rings.